The highest BCUT2D eigenvalue weighted by Crippen LogP contribution is 2.21. The normalized spacial score (nSPS) is 11.6. The summed E-state index contributed by atoms with van der Waals surface area (Å²) in [6.07, 6.45) is 1.24. The maximum atomic E-state index is 11.2. The van der Waals surface area contributed by atoms with Crippen molar-refractivity contribution >= 4 is 15.7 Å². The maximum Gasteiger partial charge on any atom is 0.149 e. The number of sulfone groups is 1. The molecule has 6 heteroatoms. The Bertz CT molecular complexity index is 526. The van der Waals surface area contributed by atoms with Crippen LogP contribution in [-0.4, -0.2) is 39.0 Å². The molecule has 102 valence electrons. The molecule has 0 spiro atoms. The summed E-state index contributed by atoms with van der Waals surface area (Å²) in [5.41, 5.74) is 8.70. The Morgan fingerprint density at radius 2 is 2.00 bits per heavy atom. The lowest BCUT2D eigenvalue weighted by Crippen LogP contribution is -2.27. The van der Waals surface area contributed by atoms with Crippen molar-refractivity contribution in [1.29, 1.82) is 0 Å². The van der Waals surface area contributed by atoms with Gasteiger partial charge in [0.2, 0.25) is 0 Å². The summed E-state index contributed by atoms with van der Waals surface area (Å²) in [6, 6.07) is 1.98. The van der Waals surface area contributed by atoms with Crippen molar-refractivity contribution in [2.24, 2.45) is 5.73 Å². The van der Waals surface area contributed by atoms with Gasteiger partial charge in [0.05, 0.1) is 5.75 Å². The van der Waals surface area contributed by atoms with Crippen LogP contribution in [0.5, 0.6) is 0 Å². The van der Waals surface area contributed by atoms with E-state index in [0.717, 1.165) is 22.6 Å². The van der Waals surface area contributed by atoms with Crippen LogP contribution in [0.4, 0.5) is 5.82 Å². The fourth-order valence-corrected chi connectivity index (χ4v) is 2.43. The molecule has 0 radical (unpaired) electrons. The van der Waals surface area contributed by atoms with Gasteiger partial charge in [0.15, 0.2) is 0 Å². The average molecular weight is 271 g/mol. The van der Waals surface area contributed by atoms with E-state index < -0.39 is 9.84 Å². The first-order chi connectivity index (χ1) is 8.24. The molecule has 5 nitrogen and oxygen atoms in total. The molecule has 0 amide bonds. The molecule has 0 unspecified atom stereocenters. The van der Waals surface area contributed by atoms with Gasteiger partial charge in [0.1, 0.15) is 15.7 Å². The molecule has 0 atom stereocenters. The number of aromatic nitrogens is 1. The molecule has 1 heterocycles. The Morgan fingerprint density at radius 1 is 1.39 bits per heavy atom. The van der Waals surface area contributed by atoms with Crippen molar-refractivity contribution in [3.63, 3.8) is 0 Å². The van der Waals surface area contributed by atoms with Gasteiger partial charge < -0.3 is 10.6 Å². The largest absolute Gasteiger partial charge is 0.358 e. The van der Waals surface area contributed by atoms with Crippen LogP contribution in [0, 0.1) is 13.8 Å². The van der Waals surface area contributed by atoms with E-state index in [1.807, 2.05) is 31.9 Å². The third-order valence-corrected chi connectivity index (χ3v) is 3.74. The quantitative estimate of drug-likeness (QED) is 0.850. The van der Waals surface area contributed by atoms with Crippen LogP contribution < -0.4 is 10.6 Å². The van der Waals surface area contributed by atoms with Crippen molar-refractivity contribution in [3.05, 3.63) is 22.9 Å². The van der Waals surface area contributed by atoms with E-state index in [-0.39, 0.29) is 5.75 Å². The number of aryl methyl sites for hydroxylation is 2. The zero-order valence-electron chi connectivity index (χ0n) is 11.4. The van der Waals surface area contributed by atoms with E-state index in [2.05, 4.69) is 4.98 Å². The van der Waals surface area contributed by atoms with Gasteiger partial charge in [-0.2, -0.15) is 0 Å². The SMILES string of the molecule is Cc1cc(C)c(CN)c(N(C)CCS(C)(=O)=O)n1. The van der Waals surface area contributed by atoms with Gasteiger partial charge in [0.25, 0.3) is 0 Å². The molecular formula is C12H21N3O2S. The van der Waals surface area contributed by atoms with Crippen molar-refractivity contribution in [2.75, 3.05) is 30.5 Å². The molecule has 0 aliphatic carbocycles. The monoisotopic (exact) mass is 271 g/mol. The first-order valence-electron chi connectivity index (χ1n) is 5.80. The minimum atomic E-state index is -2.97. The molecule has 0 aliphatic rings. The van der Waals surface area contributed by atoms with Crippen LogP contribution in [0.2, 0.25) is 0 Å². The number of rotatable bonds is 5. The molecule has 1 aromatic rings. The fourth-order valence-electron chi connectivity index (χ4n) is 1.82. The second-order valence-electron chi connectivity index (χ2n) is 4.64. The number of hydrogen-bond acceptors (Lipinski definition) is 5. The topological polar surface area (TPSA) is 76.3 Å². The van der Waals surface area contributed by atoms with Gasteiger partial charge in [-0.15, -0.1) is 0 Å². The lowest BCUT2D eigenvalue weighted by Gasteiger charge is -2.22. The molecule has 0 saturated heterocycles. The smallest absolute Gasteiger partial charge is 0.149 e. The van der Waals surface area contributed by atoms with Gasteiger partial charge in [-0.05, 0) is 25.5 Å². The second kappa shape index (κ2) is 5.67. The summed E-state index contributed by atoms with van der Waals surface area (Å²) < 4.78 is 22.4. The predicted molar refractivity (Wildman–Crippen MR) is 74.6 cm³/mol. The van der Waals surface area contributed by atoms with E-state index >= 15 is 0 Å². The summed E-state index contributed by atoms with van der Waals surface area (Å²) in [4.78, 5) is 6.31. The summed E-state index contributed by atoms with van der Waals surface area (Å²) in [5.74, 6) is 0.890. The number of nitrogens with two attached hydrogens (primary N) is 1. The molecule has 0 bridgehead atoms. The minimum absolute atomic E-state index is 0.113. The molecule has 2 N–H and O–H groups in total. The average Bonchev–Trinajstić information content (AvgIpc) is 2.24. The van der Waals surface area contributed by atoms with Gasteiger partial charge in [-0.3, -0.25) is 0 Å². The third kappa shape index (κ3) is 3.96. The summed E-state index contributed by atoms with van der Waals surface area (Å²) in [5, 5.41) is 0. The molecule has 0 fully saturated rings. The van der Waals surface area contributed by atoms with Gasteiger partial charge in [0, 0.05) is 37.7 Å². The molecule has 0 saturated carbocycles. The minimum Gasteiger partial charge on any atom is -0.358 e. The van der Waals surface area contributed by atoms with Crippen LogP contribution >= 0.6 is 0 Å². The first-order valence-corrected chi connectivity index (χ1v) is 7.86. The zero-order chi connectivity index (χ0) is 13.9. The van der Waals surface area contributed by atoms with Crippen molar-refractivity contribution in [2.45, 2.75) is 20.4 Å². The Balaban J connectivity index is 3.01. The Labute approximate surface area is 109 Å². The highest BCUT2D eigenvalue weighted by Gasteiger charge is 2.13. The Morgan fingerprint density at radius 3 is 2.50 bits per heavy atom. The Kier molecular flexibility index (Phi) is 4.70. The van der Waals surface area contributed by atoms with Crippen LogP contribution in [0.25, 0.3) is 0 Å². The van der Waals surface area contributed by atoms with Gasteiger partial charge in [-0.25, -0.2) is 13.4 Å². The first kappa shape index (κ1) is 14.9. The molecule has 1 rings (SSSR count). The van der Waals surface area contributed by atoms with E-state index in [4.69, 9.17) is 5.73 Å². The zero-order valence-corrected chi connectivity index (χ0v) is 12.2. The number of hydrogen-bond donors (Lipinski definition) is 1. The van der Waals surface area contributed by atoms with Crippen molar-refractivity contribution < 1.29 is 8.42 Å². The number of nitrogens with zero attached hydrogens (tertiary/aromatic N) is 2. The lowest BCUT2D eigenvalue weighted by atomic mass is 10.1. The van der Waals surface area contributed by atoms with E-state index in [9.17, 15) is 8.42 Å². The highest BCUT2D eigenvalue weighted by molar-refractivity contribution is 7.90. The number of anilines is 1. The van der Waals surface area contributed by atoms with Crippen LogP contribution in [0.1, 0.15) is 16.8 Å². The van der Waals surface area contributed by atoms with E-state index in [1.54, 1.807) is 0 Å². The summed E-state index contributed by atoms with van der Waals surface area (Å²) in [7, 11) is -1.13. The van der Waals surface area contributed by atoms with E-state index in [0.29, 0.717) is 13.1 Å². The molecule has 1 aromatic heterocycles. The molecular weight excluding hydrogens is 250 g/mol. The maximum absolute atomic E-state index is 11.2. The highest BCUT2D eigenvalue weighted by atomic mass is 32.2. The fraction of sp³-hybridized carbons (Fsp3) is 0.583. The standard InChI is InChI=1S/C12H21N3O2S/c1-9-7-10(2)14-12(11(9)8-13)15(3)5-6-18(4,16)17/h7H,5-6,8,13H2,1-4H3. The van der Waals surface area contributed by atoms with E-state index in [1.165, 1.54) is 6.26 Å². The van der Waals surface area contributed by atoms with Crippen LogP contribution in [-0.2, 0) is 16.4 Å². The molecule has 0 aliphatic heterocycles. The van der Waals surface area contributed by atoms with Gasteiger partial charge in [-0.1, -0.05) is 0 Å². The number of pyridine rings is 1. The third-order valence-electron chi connectivity index (χ3n) is 2.82. The second-order valence-corrected chi connectivity index (χ2v) is 6.90. The molecule has 0 aromatic carbocycles. The van der Waals surface area contributed by atoms with Crippen LogP contribution in [0.15, 0.2) is 6.07 Å². The summed E-state index contributed by atoms with van der Waals surface area (Å²) >= 11 is 0. The Hall–Kier alpha value is -1.14. The lowest BCUT2D eigenvalue weighted by molar-refractivity contribution is 0.601. The van der Waals surface area contributed by atoms with Gasteiger partial charge >= 0.3 is 0 Å². The predicted octanol–water partition coefficient (Wildman–Crippen LogP) is 0.638. The van der Waals surface area contributed by atoms with Crippen molar-refractivity contribution in [1.82, 2.24) is 4.98 Å². The summed E-state index contributed by atoms with van der Waals surface area (Å²) in [6.45, 7) is 4.73. The van der Waals surface area contributed by atoms with Crippen molar-refractivity contribution in [3.8, 4) is 0 Å². The van der Waals surface area contributed by atoms with Crippen LogP contribution in [0.3, 0.4) is 0 Å². The molecule has 18 heavy (non-hydrogen) atoms.